The standard InChI is InChI=1S/C12H17NO/c1-12(2,10-14)13(3)9-11-7-5-4-6-8-11/h4-8,10H,9H2,1-3H3. The molecule has 0 amide bonds. The molecule has 0 saturated carbocycles. The molecule has 0 aliphatic heterocycles. The summed E-state index contributed by atoms with van der Waals surface area (Å²) in [6.07, 6.45) is 0.982. The van der Waals surface area contributed by atoms with E-state index in [1.807, 2.05) is 44.0 Å². The van der Waals surface area contributed by atoms with Gasteiger partial charge in [-0.2, -0.15) is 0 Å². The van der Waals surface area contributed by atoms with Crippen molar-refractivity contribution in [3.05, 3.63) is 35.9 Å². The Balaban J connectivity index is 2.66. The zero-order valence-corrected chi connectivity index (χ0v) is 9.03. The maximum Gasteiger partial charge on any atom is 0.139 e. The highest BCUT2D eigenvalue weighted by molar-refractivity contribution is 5.62. The first-order valence-electron chi connectivity index (χ1n) is 4.78. The first kappa shape index (κ1) is 10.9. The van der Waals surface area contributed by atoms with Gasteiger partial charge in [-0.15, -0.1) is 0 Å². The molecule has 0 saturated heterocycles. The number of likely N-dealkylation sites (N-methyl/N-ethyl adjacent to an activating group) is 1. The van der Waals surface area contributed by atoms with E-state index < -0.39 is 5.54 Å². The number of aldehydes is 1. The molecule has 1 rings (SSSR count). The van der Waals surface area contributed by atoms with Crippen LogP contribution in [0.5, 0.6) is 0 Å². The number of hydrogen-bond donors (Lipinski definition) is 0. The summed E-state index contributed by atoms with van der Waals surface area (Å²) in [6.45, 7) is 4.64. The van der Waals surface area contributed by atoms with Crippen molar-refractivity contribution in [3.63, 3.8) is 0 Å². The SMILES string of the molecule is CN(Cc1ccccc1)C(C)(C)C=O. The number of carbonyl (C=O) groups is 1. The van der Waals surface area contributed by atoms with Crippen molar-refractivity contribution in [1.29, 1.82) is 0 Å². The van der Waals surface area contributed by atoms with Crippen molar-refractivity contribution >= 4 is 6.29 Å². The average Bonchev–Trinajstić information content (AvgIpc) is 2.19. The van der Waals surface area contributed by atoms with Crippen LogP contribution in [0.3, 0.4) is 0 Å². The number of rotatable bonds is 4. The maximum absolute atomic E-state index is 10.8. The predicted octanol–water partition coefficient (Wildman–Crippen LogP) is 2.10. The van der Waals surface area contributed by atoms with Crippen molar-refractivity contribution < 1.29 is 4.79 Å². The molecular weight excluding hydrogens is 174 g/mol. The van der Waals surface area contributed by atoms with E-state index in [4.69, 9.17) is 0 Å². The number of carbonyl (C=O) groups excluding carboxylic acids is 1. The van der Waals surface area contributed by atoms with Crippen LogP contribution in [-0.2, 0) is 11.3 Å². The van der Waals surface area contributed by atoms with Gasteiger partial charge < -0.3 is 4.79 Å². The van der Waals surface area contributed by atoms with Gasteiger partial charge in [-0.05, 0) is 26.5 Å². The summed E-state index contributed by atoms with van der Waals surface area (Å²) in [5.74, 6) is 0. The Morgan fingerprint density at radius 3 is 2.36 bits per heavy atom. The highest BCUT2D eigenvalue weighted by atomic mass is 16.1. The van der Waals surface area contributed by atoms with Crippen LogP contribution in [0.1, 0.15) is 19.4 Å². The second-order valence-electron chi connectivity index (χ2n) is 4.11. The fourth-order valence-electron chi connectivity index (χ4n) is 1.15. The summed E-state index contributed by atoms with van der Waals surface area (Å²) < 4.78 is 0. The van der Waals surface area contributed by atoms with E-state index in [0.29, 0.717) is 0 Å². The van der Waals surface area contributed by atoms with Gasteiger partial charge >= 0.3 is 0 Å². The van der Waals surface area contributed by atoms with Crippen LogP contribution in [0.25, 0.3) is 0 Å². The van der Waals surface area contributed by atoms with Crippen LogP contribution in [0.2, 0.25) is 0 Å². The first-order chi connectivity index (χ1) is 6.56. The summed E-state index contributed by atoms with van der Waals surface area (Å²) in [7, 11) is 1.96. The van der Waals surface area contributed by atoms with Gasteiger partial charge in [-0.3, -0.25) is 4.90 Å². The highest BCUT2D eigenvalue weighted by Crippen LogP contribution is 2.12. The van der Waals surface area contributed by atoms with E-state index in [-0.39, 0.29) is 0 Å². The normalized spacial score (nSPS) is 11.7. The molecule has 14 heavy (non-hydrogen) atoms. The molecule has 0 aliphatic rings. The lowest BCUT2D eigenvalue weighted by molar-refractivity contribution is -0.116. The van der Waals surface area contributed by atoms with E-state index in [9.17, 15) is 4.79 Å². The van der Waals surface area contributed by atoms with E-state index in [0.717, 1.165) is 12.8 Å². The van der Waals surface area contributed by atoms with E-state index in [1.165, 1.54) is 5.56 Å². The Morgan fingerprint density at radius 2 is 1.86 bits per heavy atom. The fourth-order valence-corrected chi connectivity index (χ4v) is 1.15. The van der Waals surface area contributed by atoms with Gasteiger partial charge in [0, 0.05) is 6.54 Å². The second kappa shape index (κ2) is 4.38. The minimum atomic E-state index is -0.393. The molecule has 76 valence electrons. The van der Waals surface area contributed by atoms with Crippen LogP contribution in [0.15, 0.2) is 30.3 Å². The van der Waals surface area contributed by atoms with Crippen LogP contribution >= 0.6 is 0 Å². The number of benzene rings is 1. The minimum absolute atomic E-state index is 0.393. The van der Waals surface area contributed by atoms with E-state index >= 15 is 0 Å². The van der Waals surface area contributed by atoms with E-state index in [2.05, 4.69) is 12.1 Å². The van der Waals surface area contributed by atoms with Gasteiger partial charge in [-0.25, -0.2) is 0 Å². The average molecular weight is 191 g/mol. The molecule has 0 fully saturated rings. The van der Waals surface area contributed by atoms with Gasteiger partial charge in [0.25, 0.3) is 0 Å². The zero-order valence-electron chi connectivity index (χ0n) is 9.03. The predicted molar refractivity (Wildman–Crippen MR) is 58.1 cm³/mol. The van der Waals surface area contributed by atoms with Crippen LogP contribution in [0.4, 0.5) is 0 Å². The molecule has 2 nitrogen and oxygen atoms in total. The third-order valence-electron chi connectivity index (χ3n) is 2.53. The Morgan fingerprint density at radius 1 is 1.29 bits per heavy atom. The summed E-state index contributed by atoms with van der Waals surface area (Å²) in [4.78, 5) is 12.9. The summed E-state index contributed by atoms with van der Waals surface area (Å²) in [5.41, 5.74) is 0.834. The molecular formula is C12H17NO. The molecule has 0 spiro atoms. The van der Waals surface area contributed by atoms with Crippen molar-refractivity contribution in [2.24, 2.45) is 0 Å². The molecule has 1 aromatic carbocycles. The quantitative estimate of drug-likeness (QED) is 0.679. The molecule has 0 radical (unpaired) electrons. The molecule has 0 unspecified atom stereocenters. The number of nitrogens with zero attached hydrogens (tertiary/aromatic N) is 1. The minimum Gasteiger partial charge on any atom is -0.301 e. The van der Waals surface area contributed by atoms with Crippen molar-refractivity contribution in [2.75, 3.05) is 7.05 Å². The third kappa shape index (κ3) is 2.67. The molecule has 0 N–H and O–H groups in total. The zero-order chi connectivity index (χ0) is 10.6. The fraction of sp³-hybridized carbons (Fsp3) is 0.417. The Kier molecular flexibility index (Phi) is 3.42. The lowest BCUT2D eigenvalue weighted by atomic mass is 10.1. The lowest BCUT2D eigenvalue weighted by Gasteiger charge is -2.30. The lowest BCUT2D eigenvalue weighted by Crippen LogP contribution is -2.41. The van der Waals surface area contributed by atoms with Gasteiger partial charge in [0.2, 0.25) is 0 Å². The summed E-state index contributed by atoms with van der Waals surface area (Å²) in [5, 5.41) is 0. The van der Waals surface area contributed by atoms with Crippen LogP contribution in [-0.4, -0.2) is 23.8 Å². The molecule has 0 atom stereocenters. The van der Waals surface area contributed by atoms with Crippen molar-refractivity contribution in [3.8, 4) is 0 Å². The monoisotopic (exact) mass is 191 g/mol. The van der Waals surface area contributed by atoms with Crippen molar-refractivity contribution in [2.45, 2.75) is 25.9 Å². The van der Waals surface area contributed by atoms with Crippen molar-refractivity contribution in [1.82, 2.24) is 4.90 Å². The smallest absolute Gasteiger partial charge is 0.139 e. The maximum atomic E-state index is 10.8. The van der Waals surface area contributed by atoms with Gasteiger partial charge in [0.15, 0.2) is 0 Å². The highest BCUT2D eigenvalue weighted by Gasteiger charge is 2.22. The molecule has 2 heteroatoms. The Bertz CT molecular complexity index is 292. The Labute approximate surface area is 85.5 Å². The van der Waals surface area contributed by atoms with Crippen LogP contribution in [0, 0.1) is 0 Å². The largest absolute Gasteiger partial charge is 0.301 e. The summed E-state index contributed by atoms with van der Waals surface area (Å²) in [6, 6.07) is 10.2. The molecule has 1 aromatic rings. The van der Waals surface area contributed by atoms with Gasteiger partial charge in [-0.1, -0.05) is 30.3 Å². The molecule has 0 bridgehead atoms. The summed E-state index contributed by atoms with van der Waals surface area (Å²) >= 11 is 0. The molecule has 0 aliphatic carbocycles. The van der Waals surface area contributed by atoms with E-state index in [1.54, 1.807) is 0 Å². The molecule has 0 heterocycles. The molecule has 0 aromatic heterocycles. The first-order valence-corrected chi connectivity index (χ1v) is 4.78. The van der Waals surface area contributed by atoms with Gasteiger partial charge in [0.05, 0.1) is 5.54 Å². The third-order valence-corrected chi connectivity index (χ3v) is 2.53. The second-order valence-corrected chi connectivity index (χ2v) is 4.11. The van der Waals surface area contributed by atoms with Crippen LogP contribution < -0.4 is 0 Å². The Hall–Kier alpha value is -1.15. The van der Waals surface area contributed by atoms with Gasteiger partial charge in [0.1, 0.15) is 6.29 Å². The topological polar surface area (TPSA) is 20.3 Å². The number of hydrogen-bond acceptors (Lipinski definition) is 2.